The summed E-state index contributed by atoms with van der Waals surface area (Å²) in [7, 11) is 0. The minimum atomic E-state index is 0.902. The van der Waals surface area contributed by atoms with E-state index >= 15 is 0 Å². The fraction of sp³-hybridized carbons (Fsp3) is 0. The van der Waals surface area contributed by atoms with E-state index in [0.29, 0.717) is 0 Å². The number of aromatic nitrogens is 2. The Morgan fingerprint density at radius 1 is 0.314 bits per heavy atom. The smallest absolute Gasteiger partial charge is 0.159 e. The maximum Gasteiger partial charge on any atom is 0.159 e. The van der Waals surface area contributed by atoms with Gasteiger partial charge in [-0.3, -0.25) is 0 Å². The molecule has 0 radical (unpaired) electrons. The fourth-order valence-electron chi connectivity index (χ4n) is 8.17. The molecule has 0 saturated carbocycles. The van der Waals surface area contributed by atoms with Crippen LogP contribution in [0, 0.1) is 0 Å². The first-order valence-electron chi connectivity index (χ1n) is 17.4. The van der Waals surface area contributed by atoms with Gasteiger partial charge in [0, 0.05) is 38.0 Å². The molecule has 0 fully saturated rings. The Morgan fingerprint density at radius 2 is 0.804 bits per heavy atom. The van der Waals surface area contributed by atoms with Gasteiger partial charge in [0.1, 0.15) is 5.58 Å². The molecule has 0 spiro atoms. The van der Waals surface area contributed by atoms with Crippen molar-refractivity contribution >= 4 is 65.6 Å². The van der Waals surface area contributed by atoms with Crippen LogP contribution in [0.15, 0.2) is 186 Å². The molecule has 11 aromatic rings. The standard InChI is InChI=1S/C48H30N2O/c1-2-11-31(12-3-1)32-21-23-33(24-22-32)34-25-27-35(28-26-34)49-42-17-7-4-13-36(42)40-30-46-41(29-45(40)49)37-14-5-8-18-43(37)50(46)44-19-10-16-39-38-15-6-9-20-47(38)51-48(39)44/h1-30H. The summed E-state index contributed by atoms with van der Waals surface area (Å²) in [6, 6.07) is 65.4. The number of rotatable bonds is 4. The molecule has 3 heteroatoms. The van der Waals surface area contributed by atoms with Crippen molar-refractivity contribution in [3.63, 3.8) is 0 Å². The monoisotopic (exact) mass is 650 g/mol. The maximum atomic E-state index is 6.57. The van der Waals surface area contributed by atoms with Crippen LogP contribution >= 0.6 is 0 Å². The summed E-state index contributed by atoms with van der Waals surface area (Å²) >= 11 is 0. The molecule has 0 unspecified atom stereocenters. The lowest BCUT2D eigenvalue weighted by atomic mass is 10.0. The molecule has 0 saturated heterocycles. The second-order valence-corrected chi connectivity index (χ2v) is 13.3. The Bertz CT molecular complexity index is 3100. The summed E-state index contributed by atoms with van der Waals surface area (Å²) in [5.41, 5.74) is 13.6. The molecule has 3 heterocycles. The Hall–Kier alpha value is -6.84. The Labute approximate surface area is 293 Å². The van der Waals surface area contributed by atoms with Crippen LogP contribution in [0.4, 0.5) is 0 Å². The number of fused-ring (bicyclic) bond motifs is 9. The molecule has 51 heavy (non-hydrogen) atoms. The molecule has 11 rings (SSSR count). The van der Waals surface area contributed by atoms with Crippen LogP contribution in [0.1, 0.15) is 0 Å². The van der Waals surface area contributed by atoms with E-state index in [9.17, 15) is 0 Å². The van der Waals surface area contributed by atoms with Crippen molar-refractivity contribution in [2.45, 2.75) is 0 Å². The van der Waals surface area contributed by atoms with E-state index in [4.69, 9.17) is 4.42 Å². The highest BCUT2D eigenvalue weighted by atomic mass is 16.3. The number of benzene rings is 8. The van der Waals surface area contributed by atoms with Crippen LogP contribution in [0.25, 0.3) is 99.2 Å². The van der Waals surface area contributed by atoms with Gasteiger partial charge < -0.3 is 13.6 Å². The lowest BCUT2D eigenvalue weighted by Crippen LogP contribution is -1.95. The number of nitrogens with zero attached hydrogens (tertiary/aromatic N) is 2. The van der Waals surface area contributed by atoms with E-state index in [2.05, 4.69) is 185 Å². The van der Waals surface area contributed by atoms with Gasteiger partial charge in [-0.1, -0.05) is 133 Å². The van der Waals surface area contributed by atoms with Gasteiger partial charge in [-0.05, 0) is 70.8 Å². The van der Waals surface area contributed by atoms with E-state index in [1.807, 2.05) is 6.07 Å². The third-order valence-electron chi connectivity index (χ3n) is 10.5. The molecule has 0 aliphatic carbocycles. The molecule has 0 N–H and O–H groups in total. The Kier molecular flexibility index (Phi) is 5.96. The lowest BCUT2D eigenvalue weighted by molar-refractivity contribution is 0.666. The van der Waals surface area contributed by atoms with E-state index in [1.165, 1.54) is 54.8 Å². The minimum Gasteiger partial charge on any atom is -0.454 e. The third-order valence-corrected chi connectivity index (χ3v) is 10.5. The SMILES string of the molecule is c1ccc(-c2ccc(-c3ccc(-n4c5ccccc5c5cc6c(cc54)c4ccccc4n6-c4cccc5c4oc4ccccc45)cc3)cc2)cc1. The first-order valence-corrected chi connectivity index (χ1v) is 17.4. The topological polar surface area (TPSA) is 23.0 Å². The lowest BCUT2D eigenvalue weighted by Gasteiger charge is -2.11. The van der Waals surface area contributed by atoms with Crippen molar-refractivity contribution in [2.75, 3.05) is 0 Å². The Balaban J connectivity index is 1.11. The molecule has 0 aliphatic heterocycles. The van der Waals surface area contributed by atoms with Gasteiger partial charge in [0.2, 0.25) is 0 Å². The summed E-state index contributed by atoms with van der Waals surface area (Å²) < 4.78 is 11.4. The average molecular weight is 651 g/mol. The van der Waals surface area contributed by atoms with E-state index < -0.39 is 0 Å². The van der Waals surface area contributed by atoms with Gasteiger partial charge >= 0.3 is 0 Å². The van der Waals surface area contributed by atoms with Crippen LogP contribution in [0.3, 0.4) is 0 Å². The van der Waals surface area contributed by atoms with Gasteiger partial charge in [-0.25, -0.2) is 0 Å². The zero-order valence-corrected chi connectivity index (χ0v) is 27.6. The molecule has 8 aromatic carbocycles. The predicted molar refractivity (Wildman–Crippen MR) is 213 cm³/mol. The zero-order valence-electron chi connectivity index (χ0n) is 27.6. The van der Waals surface area contributed by atoms with Crippen molar-refractivity contribution < 1.29 is 4.42 Å². The molecule has 3 aromatic heterocycles. The van der Waals surface area contributed by atoms with E-state index in [0.717, 1.165) is 44.3 Å². The minimum absolute atomic E-state index is 0.902. The van der Waals surface area contributed by atoms with Gasteiger partial charge in [0.15, 0.2) is 5.58 Å². The second-order valence-electron chi connectivity index (χ2n) is 13.3. The predicted octanol–water partition coefficient (Wildman–Crippen LogP) is 13.1. The average Bonchev–Trinajstić information content (AvgIpc) is 3.85. The van der Waals surface area contributed by atoms with Crippen molar-refractivity contribution in [3.05, 3.63) is 182 Å². The van der Waals surface area contributed by atoms with Crippen LogP contribution in [0.2, 0.25) is 0 Å². The van der Waals surface area contributed by atoms with Gasteiger partial charge in [-0.15, -0.1) is 0 Å². The van der Waals surface area contributed by atoms with E-state index in [-0.39, 0.29) is 0 Å². The van der Waals surface area contributed by atoms with Crippen molar-refractivity contribution in [1.82, 2.24) is 9.13 Å². The molecular weight excluding hydrogens is 621 g/mol. The molecule has 0 atom stereocenters. The van der Waals surface area contributed by atoms with Crippen molar-refractivity contribution in [1.29, 1.82) is 0 Å². The maximum absolute atomic E-state index is 6.57. The molecule has 3 nitrogen and oxygen atoms in total. The zero-order chi connectivity index (χ0) is 33.5. The summed E-state index contributed by atoms with van der Waals surface area (Å²) in [6.45, 7) is 0. The van der Waals surface area contributed by atoms with Crippen molar-refractivity contribution in [3.8, 4) is 33.6 Å². The fourth-order valence-corrected chi connectivity index (χ4v) is 8.17. The number of furan rings is 1. The number of hydrogen-bond donors (Lipinski definition) is 0. The van der Waals surface area contributed by atoms with E-state index in [1.54, 1.807) is 0 Å². The second kappa shape index (κ2) is 10.8. The van der Waals surface area contributed by atoms with Gasteiger partial charge in [0.25, 0.3) is 0 Å². The summed E-state index contributed by atoms with van der Waals surface area (Å²) in [6.07, 6.45) is 0. The van der Waals surface area contributed by atoms with Gasteiger partial charge in [-0.2, -0.15) is 0 Å². The van der Waals surface area contributed by atoms with Crippen LogP contribution in [-0.4, -0.2) is 9.13 Å². The molecule has 238 valence electrons. The first-order chi connectivity index (χ1) is 25.3. The summed E-state index contributed by atoms with van der Waals surface area (Å²) in [5, 5.41) is 7.14. The molecular formula is C48H30N2O. The molecule has 0 aliphatic rings. The van der Waals surface area contributed by atoms with Crippen molar-refractivity contribution in [2.24, 2.45) is 0 Å². The first kappa shape index (κ1) is 28.0. The highest BCUT2D eigenvalue weighted by Crippen LogP contribution is 2.42. The van der Waals surface area contributed by atoms with Crippen LogP contribution < -0.4 is 0 Å². The normalized spacial score (nSPS) is 11.9. The summed E-state index contributed by atoms with van der Waals surface area (Å²) in [4.78, 5) is 0. The largest absolute Gasteiger partial charge is 0.454 e. The quantitative estimate of drug-likeness (QED) is 0.186. The Morgan fingerprint density at radius 3 is 1.47 bits per heavy atom. The highest BCUT2D eigenvalue weighted by Gasteiger charge is 2.20. The highest BCUT2D eigenvalue weighted by molar-refractivity contribution is 6.19. The number of para-hydroxylation sites is 4. The molecule has 0 bridgehead atoms. The van der Waals surface area contributed by atoms with Crippen LogP contribution in [0.5, 0.6) is 0 Å². The van der Waals surface area contributed by atoms with Gasteiger partial charge in [0.05, 0.1) is 27.8 Å². The molecule has 0 amide bonds. The number of hydrogen-bond acceptors (Lipinski definition) is 1. The summed E-state index contributed by atoms with van der Waals surface area (Å²) in [5.74, 6) is 0. The van der Waals surface area contributed by atoms with Crippen LogP contribution in [-0.2, 0) is 0 Å². The third kappa shape index (κ3) is 4.19.